The third-order valence-electron chi connectivity index (χ3n) is 5.67. The molecule has 0 aromatic carbocycles. The monoisotopic (exact) mass is 400 g/mol. The van der Waals surface area contributed by atoms with Gasteiger partial charge in [0.25, 0.3) is 0 Å². The number of carbonyl (C=O) groups excluding carboxylic acids is 1. The van der Waals surface area contributed by atoms with Gasteiger partial charge in [0, 0.05) is 43.7 Å². The molecule has 0 radical (unpaired) electrons. The highest BCUT2D eigenvalue weighted by atomic mass is 16.1. The van der Waals surface area contributed by atoms with Gasteiger partial charge < -0.3 is 10.2 Å². The summed E-state index contributed by atoms with van der Waals surface area (Å²) in [4.78, 5) is 26.9. The smallest absolute Gasteiger partial charge is 0.168 e. The molecule has 4 heterocycles. The first-order valence-corrected chi connectivity index (χ1v) is 10.3. The molecule has 0 fully saturated rings. The first kappa shape index (κ1) is 19.8. The Kier molecular flexibility index (Phi) is 5.57. The van der Waals surface area contributed by atoms with Gasteiger partial charge in [-0.3, -0.25) is 9.79 Å². The minimum absolute atomic E-state index is 0.289. The Balaban J connectivity index is 1.67. The Morgan fingerprint density at radius 3 is 2.97 bits per heavy atom. The first-order chi connectivity index (χ1) is 14.6. The Hall–Kier alpha value is -3.53. The summed E-state index contributed by atoms with van der Waals surface area (Å²) in [6, 6.07) is 6.19. The van der Waals surface area contributed by atoms with Crippen molar-refractivity contribution in [3.63, 3.8) is 0 Å². The third-order valence-corrected chi connectivity index (χ3v) is 5.67. The molecule has 0 bridgehead atoms. The zero-order valence-electron chi connectivity index (χ0n) is 17.2. The van der Waals surface area contributed by atoms with Crippen molar-refractivity contribution in [1.82, 2.24) is 9.97 Å². The zero-order valence-corrected chi connectivity index (χ0v) is 17.2. The number of aliphatic imine (C=N–C) groups is 1. The van der Waals surface area contributed by atoms with Crippen molar-refractivity contribution in [1.29, 1.82) is 5.26 Å². The Bertz CT molecular complexity index is 1080. The van der Waals surface area contributed by atoms with Crippen LogP contribution in [0.15, 0.2) is 35.1 Å². The standard InChI is InChI=1S/C23H24N6O/c1-3-16-7-17-5-4-6-29(23(17)28-21(16)14-30)22-8-20(18(9-24)12-27-22)26-13-19-11-25-10-15(19)2/h7-8,10-12,14-15H,3-6,13H2,1-2H3,(H,26,27). The fourth-order valence-electron chi connectivity index (χ4n) is 3.88. The highest BCUT2D eigenvalue weighted by molar-refractivity contribution is 5.78. The maximum absolute atomic E-state index is 11.5. The summed E-state index contributed by atoms with van der Waals surface area (Å²) in [5.41, 5.74) is 4.98. The number of rotatable bonds is 6. The highest BCUT2D eigenvalue weighted by Crippen LogP contribution is 2.34. The lowest BCUT2D eigenvalue weighted by atomic mass is 10.0. The van der Waals surface area contributed by atoms with Crippen molar-refractivity contribution in [2.24, 2.45) is 10.9 Å². The molecular formula is C23H24N6O. The number of nitrogens with zero attached hydrogens (tertiary/aromatic N) is 5. The summed E-state index contributed by atoms with van der Waals surface area (Å²) in [7, 11) is 0. The summed E-state index contributed by atoms with van der Waals surface area (Å²) in [6.45, 7) is 5.50. The fraction of sp³-hybridized carbons (Fsp3) is 0.348. The van der Waals surface area contributed by atoms with Crippen LogP contribution in [0.5, 0.6) is 0 Å². The summed E-state index contributed by atoms with van der Waals surface area (Å²) in [5, 5.41) is 12.9. The molecule has 2 aromatic heterocycles. The first-order valence-electron chi connectivity index (χ1n) is 10.3. The van der Waals surface area contributed by atoms with Gasteiger partial charge in [-0.25, -0.2) is 9.97 Å². The summed E-state index contributed by atoms with van der Waals surface area (Å²) in [5.74, 6) is 1.79. The molecule has 30 heavy (non-hydrogen) atoms. The van der Waals surface area contributed by atoms with E-state index in [1.807, 2.05) is 30.3 Å². The van der Waals surface area contributed by atoms with E-state index in [-0.39, 0.29) is 5.92 Å². The normalized spacial score (nSPS) is 17.3. The van der Waals surface area contributed by atoms with Crippen LogP contribution in [0.4, 0.5) is 17.3 Å². The van der Waals surface area contributed by atoms with Gasteiger partial charge in [-0.05, 0) is 42.0 Å². The van der Waals surface area contributed by atoms with Gasteiger partial charge in [-0.15, -0.1) is 0 Å². The van der Waals surface area contributed by atoms with Gasteiger partial charge in [-0.1, -0.05) is 13.8 Å². The van der Waals surface area contributed by atoms with Crippen LogP contribution in [0, 0.1) is 17.2 Å². The molecule has 0 spiro atoms. The van der Waals surface area contributed by atoms with Gasteiger partial charge in [0.2, 0.25) is 0 Å². The van der Waals surface area contributed by atoms with Gasteiger partial charge in [0.05, 0.1) is 11.3 Å². The second-order valence-electron chi connectivity index (χ2n) is 7.59. The lowest BCUT2D eigenvalue weighted by Crippen LogP contribution is -2.27. The van der Waals surface area contributed by atoms with Gasteiger partial charge in [-0.2, -0.15) is 5.26 Å². The molecule has 1 atom stereocenters. The third kappa shape index (κ3) is 3.69. The second-order valence-corrected chi connectivity index (χ2v) is 7.59. The van der Waals surface area contributed by atoms with Gasteiger partial charge in [0.1, 0.15) is 23.4 Å². The van der Waals surface area contributed by atoms with Crippen LogP contribution in [-0.2, 0) is 12.8 Å². The maximum Gasteiger partial charge on any atom is 0.168 e. The number of aryl methyl sites for hydroxylation is 2. The number of anilines is 3. The van der Waals surface area contributed by atoms with Crippen LogP contribution in [0.2, 0.25) is 0 Å². The number of nitrogens with one attached hydrogen (secondary N) is 1. The van der Waals surface area contributed by atoms with Gasteiger partial charge >= 0.3 is 0 Å². The number of hydrogen-bond donors (Lipinski definition) is 1. The van der Waals surface area contributed by atoms with E-state index in [0.717, 1.165) is 60.5 Å². The molecule has 0 aliphatic carbocycles. The number of nitriles is 1. The minimum Gasteiger partial charge on any atom is -0.380 e. The molecule has 0 saturated carbocycles. The molecule has 7 nitrogen and oxygen atoms in total. The predicted octanol–water partition coefficient (Wildman–Crippen LogP) is 3.82. The van der Waals surface area contributed by atoms with Crippen LogP contribution < -0.4 is 10.2 Å². The molecular weight excluding hydrogens is 376 g/mol. The van der Waals surface area contributed by atoms with E-state index in [0.29, 0.717) is 17.8 Å². The van der Waals surface area contributed by atoms with Crippen LogP contribution in [0.3, 0.4) is 0 Å². The molecule has 2 aromatic rings. The zero-order chi connectivity index (χ0) is 21.1. The summed E-state index contributed by atoms with van der Waals surface area (Å²) >= 11 is 0. The van der Waals surface area contributed by atoms with Crippen LogP contribution in [0.25, 0.3) is 0 Å². The number of aldehydes is 1. The molecule has 4 rings (SSSR count). The number of hydrogen-bond acceptors (Lipinski definition) is 7. The molecule has 2 aliphatic rings. The average Bonchev–Trinajstić information content (AvgIpc) is 3.20. The van der Waals surface area contributed by atoms with E-state index in [1.165, 1.54) is 5.57 Å². The Labute approximate surface area is 176 Å². The number of fused-ring (bicyclic) bond motifs is 1. The Morgan fingerprint density at radius 2 is 2.27 bits per heavy atom. The molecule has 2 aliphatic heterocycles. The average molecular weight is 400 g/mol. The second kappa shape index (κ2) is 8.46. The number of pyridine rings is 2. The van der Waals surface area contributed by atoms with Crippen molar-refractivity contribution in [2.45, 2.75) is 33.1 Å². The van der Waals surface area contributed by atoms with E-state index in [4.69, 9.17) is 0 Å². The lowest BCUT2D eigenvalue weighted by molar-refractivity contribution is 0.111. The van der Waals surface area contributed by atoms with E-state index in [9.17, 15) is 10.1 Å². The van der Waals surface area contributed by atoms with E-state index in [1.54, 1.807) is 6.20 Å². The molecule has 0 saturated heterocycles. The molecule has 1 unspecified atom stereocenters. The van der Waals surface area contributed by atoms with E-state index < -0.39 is 0 Å². The van der Waals surface area contributed by atoms with E-state index >= 15 is 0 Å². The fourth-order valence-corrected chi connectivity index (χ4v) is 3.88. The van der Waals surface area contributed by atoms with Crippen molar-refractivity contribution in [3.05, 3.63) is 52.5 Å². The summed E-state index contributed by atoms with van der Waals surface area (Å²) in [6.07, 6.45) is 8.87. The van der Waals surface area contributed by atoms with Crippen LogP contribution >= 0.6 is 0 Å². The van der Waals surface area contributed by atoms with Crippen LogP contribution in [0.1, 0.15) is 47.4 Å². The largest absolute Gasteiger partial charge is 0.380 e. The van der Waals surface area contributed by atoms with Crippen molar-refractivity contribution in [3.8, 4) is 6.07 Å². The quantitative estimate of drug-likeness (QED) is 0.741. The minimum atomic E-state index is 0.289. The maximum atomic E-state index is 11.5. The molecule has 152 valence electrons. The number of aromatic nitrogens is 2. The number of carbonyl (C=O) groups is 1. The van der Waals surface area contributed by atoms with E-state index in [2.05, 4.69) is 39.3 Å². The van der Waals surface area contributed by atoms with Gasteiger partial charge in [0.15, 0.2) is 6.29 Å². The lowest BCUT2D eigenvalue weighted by Gasteiger charge is -2.30. The summed E-state index contributed by atoms with van der Waals surface area (Å²) < 4.78 is 0. The highest BCUT2D eigenvalue weighted by Gasteiger charge is 2.23. The van der Waals surface area contributed by atoms with Crippen LogP contribution in [-0.4, -0.2) is 35.6 Å². The van der Waals surface area contributed by atoms with Crippen molar-refractivity contribution >= 4 is 29.8 Å². The molecule has 0 amide bonds. The topological polar surface area (TPSA) is 94.3 Å². The van der Waals surface area contributed by atoms with Crippen molar-refractivity contribution < 1.29 is 4.79 Å². The molecule has 1 N–H and O–H groups in total. The Morgan fingerprint density at radius 1 is 1.40 bits per heavy atom. The predicted molar refractivity (Wildman–Crippen MR) is 118 cm³/mol. The SMILES string of the molecule is CCc1cc2c(nc1C=O)N(c1cc(NCC3=CN=CC3C)c(C#N)cn1)CCC2. The van der Waals surface area contributed by atoms with Crippen molar-refractivity contribution in [2.75, 3.05) is 23.3 Å². The molecule has 7 heteroatoms.